The predicted molar refractivity (Wildman–Crippen MR) is 67.2 cm³/mol. The van der Waals surface area contributed by atoms with E-state index in [1.807, 2.05) is 6.92 Å². The van der Waals surface area contributed by atoms with Crippen LogP contribution in [0.25, 0.3) is 0 Å². The van der Waals surface area contributed by atoms with E-state index in [1.54, 1.807) is 0 Å². The van der Waals surface area contributed by atoms with Gasteiger partial charge in [-0.3, -0.25) is 4.79 Å². The summed E-state index contributed by atoms with van der Waals surface area (Å²) in [6.07, 6.45) is 2.28. The molecule has 0 aromatic rings. The second-order valence-corrected chi connectivity index (χ2v) is 5.08. The Hall–Kier alpha value is 0.160. The highest BCUT2D eigenvalue weighted by molar-refractivity contribution is 14.1. The number of halogens is 1. The van der Waals surface area contributed by atoms with Crippen LogP contribution >= 0.6 is 22.6 Å². The standard InChI is InChI=1S/C11H19IO3/c1-4-10-9(5-6-12)11(7(2)14-10)15-8(3)13/h7,9-11H,4-6H2,1-3H3/t7-,9?,10+,11+/m0/s1. The number of ether oxygens (including phenoxy) is 2. The van der Waals surface area contributed by atoms with E-state index < -0.39 is 0 Å². The van der Waals surface area contributed by atoms with Crippen LogP contribution in [0.2, 0.25) is 0 Å². The van der Waals surface area contributed by atoms with Crippen molar-refractivity contribution in [1.82, 2.24) is 0 Å². The molecule has 0 spiro atoms. The van der Waals surface area contributed by atoms with Crippen molar-refractivity contribution in [2.24, 2.45) is 5.92 Å². The molecule has 0 N–H and O–H groups in total. The Kier molecular flexibility index (Phi) is 5.32. The van der Waals surface area contributed by atoms with Crippen molar-refractivity contribution in [3.63, 3.8) is 0 Å². The molecule has 4 heteroatoms. The zero-order valence-electron chi connectivity index (χ0n) is 9.53. The summed E-state index contributed by atoms with van der Waals surface area (Å²) in [6, 6.07) is 0. The molecular formula is C11H19IO3. The fourth-order valence-electron chi connectivity index (χ4n) is 2.26. The van der Waals surface area contributed by atoms with Gasteiger partial charge in [0.05, 0.1) is 12.2 Å². The van der Waals surface area contributed by atoms with Crippen molar-refractivity contribution in [1.29, 1.82) is 0 Å². The molecular weight excluding hydrogens is 307 g/mol. The zero-order chi connectivity index (χ0) is 11.4. The molecule has 15 heavy (non-hydrogen) atoms. The average Bonchev–Trinajstić information content (AvgIpc) is 2.45. The number of hydrogen-bond acceptors (Lipinski definition) is 3. The van der Waals surface area contributed by atoms with Gasteiger partial charge in [-0.15, -0.1) is 0 Å². The first-order chi connectivity index (χ1) is 7.10. The molecule has 0 aromatic heterocycles. The summed E-state index contributed by atoms with van der Waals surface area (Å²) in [5.74, 6) is 0.163. The Bertz CT molecular complexity index is 220. The molecule has 0 radical (unpaired) electrons. The molecule has 0 saturated carbocycles. The SMILES string of the molecule is CC[C@H]1O[C@@H](C)[C@@H](OC(C)=O)C1CCI. The largest absolute Gasteiger partial charge is 0.459 e. The third kappa shape index (κ3) is 3.31. The van der Waals surface area contributed by atoms with Gasteiger partial charge in [0.25, 0.3) is 0 Å². The van der Waals surface area contributed by atoms with E-state index in [1.165, 1.54) is 6.92 Å². The molecule has 1 saturated heterocycles. The highest BCUT2D eigenvalue weighted by Crippen LogP contribution is 2.34. The Morgan fingerprint density at radius 2 is 2.20 bits per heavy atom. The first-order valence-corrected chi connectivity index (χ1v) is 7.01. The number of rotatable bonds is 4. The Morgan fingerprint density at radius 1 is 1.53 bits per heavy atom. The van der Waals surface area contributed by atoms with Gasteiger partial charge >= 0.3 is 5.97 Å². The normalized spacial score (nSPS) is 35.5. The molecule has 0 aliphatic carbocycles. The minimum absolute atomic E-state index is 0.0341. The van der Waals surface area contributed by atoms with Crippen molar-refractivity contribution >= 4 is 28.6 Å². The van der Waals surface area contributed by atoms with Gasteiger partial charge in [-0.1, -0.05) is 29.5 Å². The Morgan fingerprint density at radius 3 is 2.67 bits per heavy atom. The van der Waals surface area contributed by atoms with Crippen molar-refractivity contribution in [2.75, 3.05) is 4.43 Å². The van der Waals surface area contributed by atoms with E-state index in [4.69, 9.17) is 9.47 Å². The van der Waals surface area contributed by atoms with Crippen LogP contribution in [0.4, 0.5) is 0 Å². The summed E-state index contributed by atoms with van der Waals surface area (Å²) in [7, 11) is 0. The zero-order valence-corrected chi connectivity index (χ0v) is 11.7. The van der Waals surface area contributed by atoms with Gasteiger partial charge in [0, 0.05) is 17.3 Å². The van der Waals surface area contributed by atoms with Crippen LogP contribution in [0.1, 0.15) is 33.6 Å². The first kappa shape index (κ1) is 13.2. The number of carbonyl (C=O) groups is 1. The van der Waals surface area contributed by atoms with E-state index in [0.29, 0.717) is 5.92 Å². The van der Waals surface area contributed by atoms with Gasteiger partial charge in [0.15, 0.2) is 0 Å². The summed E-state index contributed by atoms with van der Waals surface area (Å²) in [5, 5.41) is 0. The van der Waals surface area contributed by atoms with E-state index in [0.717, 1.165) is 17.3 Å². The molecule has 88 valence electrons. The van der Waals surface area contributed by atoms with Gasteiger partial charge in [-0.05, 0) is 19.8 Å². The smallest absolute Gasteiger partial charge is 0.303 e. The van der Waals surface area contributed by atoms with Gasteiger partial charge in [0.2, 0.25) is 0 Å². The molecule has 0 aromatic carbocycles. The second kappa shape index (κ2) is 6.03. The monoisotopic (exact) mass is 326 g/mol. The highest BCUT2D eigenvalue weighted by atomic mass is 127. The lowest BCUT2D eigenvalue weighted by Gasteiger charge is -2.21. The lowest BCUT2D eigenvalue weighted by atomic mass is 9.92. The maximum Gasteiger partial charge on any atom is 0.303 e. The average molecular weight is 326 g/mol. The molecule has 0 amide bonds. The number of carbonyl (C=O) groups excluding carboxylic acids is 1. The van der Waals surface area contributed by atoms with Crippen molar-refractivity contribution < 1.29 is 14.3 Å². The molecule has 1 heterocycles. The van der Waals surface area contributed by atoms with Crippen LogP contribution in [0, 0.1) is 5.92 Å². The third-order valence-corrected chi connectivity index (χ3v) is 3.52. The van der Waals surface area contributed by atoms with E-state index in [-0.39, 0.29) is 24.3 Å². The molecule has 0 bridgehead atoms. The van der Waals surface area contributed by atoms with Gasteiger partial charge < -0.3 is 9.47 Å². The number of esters is 1. The summed E-state index contributed by atoms with van der Waals surface area (Å²) >= 11 is 2.36. The van der Waals surface area contributed by atoms with Crippen molar-refractivity contribution in [3.8, 4) is 0 Å². The van der Waals surface area contributed by atoms with E-state index in [2.05, 4.69) is 29.5 Å². The molecule has 1 aliphatic heterocycles. The van der Waals surface area contributed by atoms with Crippen LogP contribution in [0.3, 0.4) is 0 Å². The lowest BCUT2D eigenvalue weighted by molar-refractivity contribution is -0.150. The second-order valence-electron chi connectivity index (χ2n) is 4.00. The van der Waals surface area contributed by atoms with Gasteiger partial charge in [0.1, 0.15) is 6.10 Å². The lowest BCUT2D eigenvalue weighted by Crippen LogP contribution is -2.31. The van der Waals surface area contributed by atoms with Crippen LogP contribution in [-0.2, 0) is 14.3 Å². The molecule has 4 atom stereocenters. The van der Waals surface area contributed by atoms with Crippen LogP contribution in [0.15, 0.2) is 0 Å². The molecule has 3 nitrogen and oxygen atoms in total. The van der Waals surface area contributed by atoms with E-state index >= 15 is 0 Å². The Labute approximate surface area is 105 Å². The molecule has 1 rings (SSSR count). The summed E-state index contributed by atoms with van der Waals surface area (Å²) in [5.41, 5.74) is 0. The maximum atomic E-state index is 11.0. The quantitative estimate of drug-likeness (QED) is 0.452. The molecule has 1 aliphatic rings. The molecule has 1 unspecified atom stereocenters. The van der Waals surface area contributed by atoms with Crippen LogP contribution in [0.5, 0.6) is 0 Å². The fourth-order valence-corrected chi connectivity index (χ4v) is 2.98. The van der Waals surface area contributed by atoms with E-state index in [9.17, 15) is 4.79 Å². The Balaban J connectivity index is 2.67. The predicted octanol–water partition coefficient (Wildman–Crippen LogP) is 2.56. The van der Waals surface area contributed by atoms with Crippen LogP contribution < -0.4 is 0 Å². The molecule has 1 fully saturated rings. The van der Waals surface area contributed by atoms with Gasteiger partial charge in [-0.2, -0.15) is 0 Å². The topological polar surface area (TPSA) is 35.5 Å². The van der Waals surface area contributed by atoms with Crippen LogP contribution in [-0.4, -0.2) is 28.7 Å². The summed E-state index contributed by atoms with van der Waals surface area (Å²) in [4.78, 5) is 11.0. The first-order valence-electron chi connectivity index (χ1n) is 5.48. The number of alkyl halides is 1. The number of hydrogen-bond donors (Lipinski definition) is 0. The summed E-state index contributed by atoms with van der Waals surface area (Å²) < 4.78 is 12.2. The minimum Gasteiger partial charge on any atom is -0.459 e. The van der Waals surface area contributed by atoms with Crippen molar-refractivity contribution in [2.45, 2.75) is 51.9 Å². The fraction of sp³-hybridized carbons (Fsp3) is 0.909. The highest BCUT2D eigenvalue weighted by Gasteiger charge is 2.42. The minimum atomic E-state index is -0.203. The maximum absolute atomic E-state index is 11.0. The third-order valence-electron chi connectivity index (χ3n) is 2.90. The van der Waals surface area contributed by atoms with Gasteiger partial charge in [-0.25, -0.2) is 0 Å². The summed E-state index contributed by atoms with van der Waals surface area (Å²) in [6.45, 7) is 5.57. The van der Waals surface area contributed by atoms with Crippen molar-refractivity contribution in [3.05, 3.63) is 0 Å².